The number of nitrogen functional groups attached to an aromatic ring is 1. The SMILES string of the molecule is Nc1ccccc1C(O)c1cccc(F)c1. The van der Waals surface area contributed by atoms with Gasteiger partial charge in [0.05, 0.1) is 0 Å². The van der Waals surface area contributed by atoms with Gasteiger partial charge >= 0.3 is 0 Å². The Labute approximate surface area is 93.2 Å². The van der Waals surface area contributed by atoms with Crippen LogP contribution in [-0.4, -0.2) is 5.11 Å². The van der Waals surface area contributed by atoms with Crippen molar-refractivity contribution in [3.8, 4) is 0 Å². The van der Waals surface area contributed by atoms with Crippen molar-refractivity contribution >= 4 is 5.69 Å². The van der Waals surface area contributed by atoms with E-state index in [0.717, 1.165) is 0 Å². The second-order valence-corrected chi connectivity index (χ2v) is 3.59. The minimum absolute atomic E-state index is 0.369. The third-order valence-electron chi connectivity index (χ3n) is 2.46. The molecule has 2 rings (SSSR count). The minimum atomic E-state index is -0.892. The Bertz CT molecular complexity index is 499. The molecule has 3 N–H and O–H groups in total. The van der Waals surface area contributed by atoms with Gasteiger partial charge in [0.15, 0.2) is 0 Å². The third kappa shape index (κ3) is 2.04. The number of nitrogens with two attached hydrogens (primary N) is 1. The summed E-state index contributed by atoms with van der Waals surface area (Å²) in [5.74, 6) is -0.369. The molecule has 3 heteroatoms. The van der Waals surface area contributed by atoms with Crippen molar-refractivity contribution in [2.24, 2.45) is 0 Å². The standard InChI is InChI=1S/C13H12FNO/c14-10-5-3-4-9(8-10)13(16)11-6-1-2-7-12(11)15/h1-8,13,16H,15H2. The highest BCUT2D eigenvalue weighted by molar-refractivity contribution is 5.50. The molecule has 2 aromatic rings. The second-order valence-electron chi connectivity index (χ2n) is 3.59. The van der Waals surface area contributed by atoms with E-state index in [-0.39, 0.29) is 5.82 Å². The summed E-state index contributed by atoms with van der Waals surface area (Å²) in [4.78, 5) is 0. The van der Waals surface area contributed by atoms with Gasteiger partial charge in [-0.15, -0.1) is 0 Å². The van der Waals surface area contributed by atoms with Crippen molar-refractivity contribution < 1.29 is 9.50 Å². The molecule has 0 radical (unpaired) electrons. The fourth-order valence-corrected chi connectivity index (χ4v) is 1.62. The maximum Gasteiger partial charge on any atom is 0.123 e. The average molecular weight is 217 g/mol. The summed E-state index contributed by atoms with van der Waals surface area (Å²) in [6.07, 6.45) is -0.892. The van der Waals surface area contributed by atoms with Crippen molar-refractivity contribution in [3.05, 3.63) is 65.5 Å². The number of aliphatic hydroxyl groups is 1. The molecule has 1 atom stereocenters. The molecule has 1 unspecified atom stereocenters. The van der Waals surface area contributed by atoms with Crippen LogP contribution >= 0.6 is 0 Å². The third-order valence-corrected chi connectivity index (χ3v) is 2.46. The molecule has 0 spiro atoms. The highest BCUT2D eigenvalue weighted by Crippen LogP contribution is 2.26. The lowest BCUT2D eigenvalue weighted by Crippen LogP contribution is -2.03. The summed E-state index contributed by atoms with van der Waals surface area (Å²) < 4.78 is 13.0. The molecule has 0 saturated heterocycles. The van der Waals surface area contributed by atoms with Crippen LogP contribution in [-0.2, 0) is 0 Å². The summed E-state index contributed by atoms with van der Waals surface area (Å²) in [5.41, 5.74) is 7.33. The van der Waals surface area contributed by atoms with Gasteiger partial charge in [0.1, 0.15) is 11.9 Å². The molecule has 0 aromatic heterocycles. The lowest BCUT2D eigenvalue weighted by atomic mass is 10.0. The van der Waals surface area contributed by atoms with E-state index in [9.17, 15) is 9.50 Å². The Balaban J connectivity index is 2.39. The summed E-state index contributed by atoms with van der Waals surface area (Å²) in [7, 11) is 0. The van der Waals surface area contributed by atoms with E-state index in [1.165, 1.54) is 12.1 Å². The number of halogens is 1. The fourth-order valence-electron chi connectivity index (χ4n) is 1.62. The number of hydrogen-bond acceptors (Lipinski definition) is 2. The molecule has 0 fully saturated rings. The predicted octanol–water partition coefficient (Wildman–Crippen LogP) is 2.49. The molecule has 2 aromatic carbocycles. The fraction of sp³-hybridized carbons (Fsp3) is 0.0769. The Morgan fingerprint density at radius 1 is 1.06 bits per heavy atom. The second kappa shape index (κ2) is 4.33. The van der Waals surface area contributed by atoms with Crippen molar-refractivity contribution in [1.29, 1.82) is 0 Å². The van der Waals surface area contributed by atoms with E-state index in [4.69, 9.17) is 5.73 Å². The molecule has 0 amide bonds. The monoisotopic (exact) mass is 217 g/mol. The van der Waals surface area contributed by atoms with Gasteiger partial charge in [-0.2, -0.15) is 0 Å². The highest BCUT2D eigenvalue weighted by atomic mass is 19.1. The first kappa shape index (κ1) is 10.6. The van der Waals surface area contributed by atoms with Gasteiger partial charge in [-0.1, -0.05) is 30.3 Å². The molecule has 0 bridgehead atoms. The minimum Gasteiger partial charge on any atom is -0.398 e. The Morgan fingerprint density at radius 3 is 2.50 bits per heavy atom. The quantitative estimate of drug-likeness (QED) is 0.759. The number of aliphatic hydroxyl groups excluding tert-OH is 1. The maximum atomic E-state index is 13.0. The average Bonchev–Trinajstić information content (AvgIpc) is 2.29. The normalized spacial score (nSPS) is 12.4. The first-order chi connectivity index (χ1) is 7.68. The van der Waals surface area contributed by atoms with Crippen LogP contribution in [0.1, 0.15) is 17.2 Å². The number of anilines is 1. The number of benzene rings is 2. The summed E-state index contributed by atoms with van der Waals surface area (Å²) in [6, 6.07) is 12.9. The Hall–Kier alpha value is -1.87. The van der Waals surface area contributed by atoms with Gasteiger partial charge in [-0.3, -0.25) is 0 Å². The maximum absolute atomic E-state index is 13.0. The van der Waals surface area contributed by atoms with Gasteiger partial charge in [0, 0.05) is 11.3 Å². The lowest BCUT2D eigenvalue weighted by molar-refractivity contribution is 0.220. The topological polar surface area (TPSA) is 46.2 Å². The van der Waals surface area contributed by atoms with Gasteiger partial charge in [-0.25, -0.2) is 4.39 Å². The van der Waals surface area contributed by atoms with Crippen LogP contribution in [0.25, 0.3) is 0 Å². The number of rotatable bonds is 2. The van der Waals surface area contributed by atoms with Gasteiger partial charge in [-0.05, 0) is 23.8 Å². The first-order valence-corrected chi connectivity index (χ1v) is 4.96. The molecule has 0 aliphatic rings. The molecule has 0 heterocycles. The van der Waals surface area contributed by atoms with Crippen molar-refractivity contribution in [2.45, 2.75) is 6.10 Å². The summed E-state index contributed by atoms with van der Waals surface area (Å²) >= 11 is 0. The molecular formula is C13H12FNO. The van der Waals surface area contributed by atoms with E-state index in [0.29, 0.717) is 16.8 Å². The van der Waals surface area contributed by atoms with Crippen LogP contribution in [0, 0.1) is 5.82 Å². The van der Waals surface area contributed by atoms with Gasteiger partial charge < -0.3 is 10.8 Å². The van der Waals surface area contributed by atoms with E-state index in [2.05, 4.69) is 0 Å². The molecule has 0 aliphatic heterocycles. The van der Waals surface area contributed by atoms with E-state index in [1.54, 1.807) is 36.4 Å². The van der Waals surface area contributed by atoms with E-state index in [1.807, 2.05) is 0 Å². The zero-order valence-corrected chi connectivity index (χ0v) is 8.60. The van der Waals surface area contributed by atoms with E-state index < -0.39 is 6.10 Å². The van der Waals surface area contributed by atoms with Crippen LogP contribution < -0.4 is 5.73 Å². The molecule has 82 valence electrons. The zero-order valence-electron chi connectivity index (χ0n) is 8.60. The molecule has 2 nitrogen and oxygen atoms in total. The van der Waals surface area contributed by atoms with Crippen LogP contribution in [0.15, 0.2) is 48.5 Å². The Morgan fingerprint density at radius 2 is 1.81 bits per heavy atom. The predicted molar refractivity (Wildman–Crippen MR) is 61.3 cm³/mol. The summed E-state index contributed by atoms with van der Waals surface area (Å²) in [6.45, 7) is 0. The molecule has 16 heavy (non-hydrogen) atoms. The van der Waals surface area contributed by atoms with Crippen LogP contribution in [0.4, 0.5) is 10.1 Å². The van der Waals surface area contributed by atoms with Crippen molar-refractivity contribution in [1.82, 2.24) is 0 Å². The van der Waals surface area contributed by atoms with Crippen molar-refractivity contribution in [2.75, 3.05) is 5.73 Å². The largest absolute Gasteiger partial charge is 0.398 e. The first-order valence-electron chi connectivity index (χ1n) is 4.96. The van der Waals surface area contributed by atoms with Crippen LogP contribution in [0.3, 0.4) is 0 Å². The van der Waals surface area contributed by atoms with E-state index >= 15 is 0 Å². The number of hydrogen-bond donors (Lipinski definition) is 2. The smallest absolute Gasteiger partial charge is 0.123 e. The molecular weight excluding hydrogens is 205 g/mol. The van der Waals surface area contributed by atoms with Gasteiger partial charge in [0.2, 0.25) is 0 Å². The Kier molecular flexibility index (Phi) is 2.88. The van der Waals surface area contributed by atoms with Crippen LogP contribution in [0.5, 0.6) is 0 Å². The molecule has 0 aliphatic carbocycles. The van der Waals surface area contributed by atoms with Crippen LogP contribution in [0.2, 0.25) is 0 Å². The molecule has 0 saturated carbocycles. The highest BCUT2D eigenvalue weighted by Gasteiger charge is 2.13. The van der Waals surface area contributed by atoms with Crippen molar-refractivity contribution in [3.63, 3.8) is 0 Å². The number of para-hydroxylation sites is 1. The van der Waals surface area contributed by atoms with Gasteiger partial charge in [0.25, 0.3) is 0 Å². The zero-order chi connectivity index (χ0) is 11.5. The lowest BCUT2D eigenvalue weighted by Gasteiger charge is -2.13. The summed E-state index contributed by atoms with van der Waals surface area (Å²) in [5, 5.41) is 10.1.